The summed E-state index contributed by atoms with van der Waals surface area (Å²) >= 11 is 0. The molecule has 0 saturated heterocycles. The van der Waals surface area contributed by atoms with Crippen molar-refractivity contribution in [3.8, 4) is 0 Å². The molecule has 1 N–H and O–H groups in total. The van der Waals surface area contributed by atoms with E-state index in [0.29, 0.717) is 6.54 Å². The monoisotopic (exact) mass is 298 g/mol. The lowest BCUT2D eigenvalue weighted by atomic mass is 10.0. The van der Waals surface area contributed by atoms with Crippen LogP contribution in [0.4, 0.5) is 5.69 Å². The van der Waals surface area contributed by atoms with E-state index in [9.17, 15) is 14.9 Å². The number of hydrogen-bond acceptors (Lipinski definition) is 3. The highest BCUT2D eigenvalue weighted by Crippen LogP contribution is 2.14. The maximum Gasteiger partial charge on any atom is 0.269 e. The number of non-ortho nitro benzene ring substituents is 1. The van der Waals surface area contributed by atoms with Crippen molar-refractivity contribution in [2.24, 2.45) is 0 Å². The second-order valence-electron chi connectivity index (χ2n) is 5.22. The van der Waals surface area contributed by atoms with Crippen LogP contribution in [-0.4, -0.2) is 17.4 Å². The van der Waals surface area contributed by atoms with E-state index in [4.69, 9.17) is 0 Å². The van der Waals surface area contributed by atoms with E-state index in [0.717, 1.165) is 5.56 Å². The zero-order chi connectivity index (χ0) is 15.9. The third kappa shape index (κ3) is 4.41. The van der Waals surface area contributed by atoms with Crippen molar-refractivity contribution in [2.75, 3.05) is 6.54 Å². The molecule has 2 aromatic carbocycles. The summed E-state index contributed by atoms with van der Waals surface area (Å²) in [6.07, 6.45) is 0.222. The minimum atomic E-state index is -0.453. The molecule has 0 aliphatic rings. The van der Waals surface area contributed by atoms with Crippen LogP contribution in [-0.2, 0) is 11.2 Å². The Morgan fingerprint density at radius 1 is 1.14 bits per heavy atom. The average Bonchev–Trinajstić information content (AvgIpc) is 2.54. The molecule has 1 amide bonds. The Labute approximate surface area is 129 Å². The van der Waals surface area contributed by atoms with Gasteiger partial charge in [0.15, 0.2) is 0 Å². The summed E-state index contributed by atoms with van der Waals surface area (Å²) < 4.78 is 0. The molecule has 2 rings (SSSR count). The molecule has 1 atom stereocenters. The highest BCUT2D eigenvalue weighted by atomic mass is 16.6. The van der Waals surface area contributed by atoms with Gasteiger partial charge in [0, 0.05) is 18.7 Å². The van der Waals surface area contributed by atoms with Gasteiger partial charge in [0.05, 0.1) is 11.3 Å². The molecule has 0 bridgehead atoms. The zero-order valence-corrected chi connectivity index (χ0v) is 12.4. The van der Waals surface area contributed by atoms with Gasteiger partial charge >= 0.3 is 0 Å². The van der Waals surface area contributed by atoms with Crippen molar-refractivity contribution in [2.45, 2.75) is 19.3 Å². The number of rotatable bonds is 6. The number of hydrogen-bond donors (Lipinski definition) is 1. The molecule has 0 aliphatic carbocycles. The summed E-state index contributed by atoms with van der Waals surface area (Å²) in [7, 11) is 0. The van der Waals surface area contributed by atoms with Crippen LogP contribution >= 0.6 is 0 Å². The van der Waals surface area contributed by atoms with Crippen LogP contribution in [0.3, 0.4) is 0 Å². The average molecular weight is 298 g/mol. The number of nitrogens with one attached hydrogen (secondary N) is 1. The Kier molecular flexibility index (Phi) is 5.25. The Hall–Kier alpha value is -2.69. The quantitative estimate of drug-likeness (QED) is 0.658. The van der Waals surface area contributed by atoms with Crippen LogP contribution in [0.5, 0.6) is 0 Å². The van der Waals surface area contributed by atoms with Gasteiger partial charge in [-0.1, -0.05) is 49.4 Å². The highest BCUT2D eigenvalue weighted by molar-refractivity contribution is 5.78. The summed E-state index contributed by atoms with van der Waals surface area (Å²) in [5.74, 6) is 0.152. The fraction of sp³-hybridized carbons (Fsp3) is 0.235. The first kappa shape index (κ1) is 15.7. The third-order valence-electron chi connectivity index (χ3n) is 3.49. The van der Waals surface area contributed by atoms with Crippen LogP contribution in [0.25, 0.3) is 0 Å². The minimum absolute atomic E-state index is 0.0295. The van der Waals surface area contributed by atoms with E-state index in [1.165, 1.54) is 17.7 Å². The maximum absolute atomic E-state index is 11.9. The molecule has 0 saturated carbocycles. The van der Waals surface area contributed by atoms with Crippen molar-refractivity contribution in [1.29, 1.82) is 0 Å². The summed E-state index contributed by atoms with van der Waals surface area (Å²) in [5.41, 5.74) is 1.97. The number of nitro groups is 1. The van der Waals surface area contributed by atoms with E-state index in [1.54, 1.807) is 12.1 Å². The lowest BCUT2D eigenvalue weighted by Crippen LogP contribution is -2.28. The number of amides is 1. The predicted molar refractivity (Wildman–Crippen MR) is 84.7 cm³/mol. The second kappa shape index (κ2) is 7.36. The van der Waals surface area contributed by atoms with Crippen molar-refractivity contribution in [3.05, 3.63) is 75.8 Å². The number of nitro benzene ring substituents is 1. The lowest BCUT2D eigenvalue weighted by molar-refractivity contribution is -0.384. The third-order valence-corrected chi connectivity index (χ3v) is 3.49. The van der Waals surface area contributed by atoms with E-state index in [-0.39, 0.29) is 23.9 Å². The molecule has 0 aromatic heterocycles. The smallest absolute Gasteiger partial charge is 0.269 e. The van der Waals surface area contributed by atoms with Gasteiger partial charge in [0.2, 0.25) is 5.91 Å². The molecule has 0 fully saturated rings. The maximum atomic E-state index is 11.9. The van der Waals surface area contributed by atoms with Crippen LogP contribution in [0, 0.1) is 10.1 Å². The fourth-order valence-electron chi connectivity index (χ4n) is 2.15. The van der Waals surface area contributed by atoms with Gasteiger partial charge in [-0.05, 0) is 17.0 Å². The topological polar surface area (TPSA) is 72.2 Å². The van der Waals surface area contributed by atoms with Crippen molar-refractivity contribution >= 4 is 11.6 Å². The Morgan fingerprint density at radius 2 is 1.77 bits per heavy atom. The van der Waals surface area contributed by atoms with Gasteiger partial charge in [-0.3, -0.25) is 14.9 Å². The molecule has 0 radical (unpaired) electrons. The van der Waals surface area contributed by atoms with Crippen molar-refractivity contribution in [3.63, 3.8) is 0 Å². The predicted octanol–water partition coefficient (Wildman–Crippen LogP) is 3.06. The minimum Gasteiger partial charge on any atom is -0.355 e. The molecule has 114 valence electrons. The normalized spacial score (nSPS) is 11.7. The van der Waals surface area contributed by atoms with Crippen LogP contribution in [0.1, 0.15) is 24.0 Å². The molecule has 22 heavy (non-hydrogen) atoms. The van der Waals surface area contributed by atoms with Crippen LogP contribution in [0.2, 0.25) is 0 Å². The van der Waals surface area contributed by atoms with Crippen LogP contribution in [0.15, 0.2) is 54.6 Å². The summed E-state index contributed by atoms with van der Waals surface area (Å²) in [6, 6.07) is 16.0. The van der Waals surface area contributed by atoms with Gasteiger partial charge < -0.3 is 5.32 Å². The lowest BCUT2D eigenvalue weighted by Gasteiger charge is -2.13. The van der Waals surface area contributed by atoms with Gasteiger partial charge in [0.25, 0.3) is 5.69 Å². The van der Waals surface area contributed by atoms with E-state index in [2.05, 4.69) is 12.2 Å². The first-order valence-electron chi connectivity index (χ1n) is 7.11. The molecule has 2 aromatic rings. The number of nitrogens with zero attached hydrogens (tertiary/aromatic N) is 1. The largest absolute Gasteiger partial charge is 0.355 e. The molecule has 5 nitrogen and oxygen atoms in total. The summed E-state index contributed by atoms with van der Waals surface area (Å²) in [5, 5.41) is 13.5. The zero-order valence-electron chi connectivity index (χ0n) is 12.4. The Balaban J connectivity index is 1.84. The molecular weight excluding hydrogens is 280 g/mol. The second-order valence-corrected chi connectivity index (χ2v) is 5.22. The summed E-state index contributed by atoms with van der Waals surface area (Å²) in [4.78, 5) is 22.0. The molecule has 0 spiro atoms. The fourth-order valence-corrected chi connectivity index (χ4v) is 2.15. The van der Waals surface area contributed by atoms with Gasteiger partial charge in [-0.2, -0.15) is 0 Å². The Morgan fingerprint density at radius 3 is 2.36 bits per heavy atom. The first-order chi connectivity index (χ1) is 10.6. The van der Waals surface area contributed by atoms with Gasteiger partial charge in [-0.15, -0.1) is 0 Å². The molecule has 0 unspecified atom stereocenters. The van der Waals surface area contributed by atoms with Crippen molar-refractivity contribution < 1.29 is 9.72 Å². The van der Waals surface area contributed by atoms with E-state index in [1.807, 2.05) is 30.3 Å². The first-order valence-corrected chi connectivity index (χ1v) is 7.11. The molecule has 0 heterocycles. The number of carbonyl (C=O) groups excluding carboxylic acids is 1. The van der Waals surface area contributed by atoms with Gasteiger partial charge in [0.1, 0.15) is 0 Å². The summed E-state index contributed by atoms with van der Waals surface area (Å²) in [6.45, 7) is 2.62. The molecule has 0 aliphatic heterocycles. The SMILES string of the molecule is C[C@H](CNC(=O)Cc1ccc([N+](=O)[O-])cc1)c1ccccc1. The van der Waals surface area contributed by atoms with E-state index >= 15 is 0 Å². The molecule has 5 heteroatoms. The molecular formula is C17H18N2O3. The van der Waals surface area contributed by atoms with Crippen molar-refractivity contribution in [1.82, 2.24) is 5.32 Å². The standard InChI is InChI=1S/C17H18N2O3/c1-13(15-5-3-2-4-6-15)12-18-17(20)11-14-7-9-16(10-8-14)19(21)22/h2-10,13H,11-12H2,1H3,(H,18,20)/t13-/m1/s1. The van der Waals surface area contributed by atoms with Crippen LogP contribution < -0.4 is 5.32 Å². The number of carbonyl (C=O) groups is 1. The van der Waals surface area contributed by atoms with Gasteiger partial charge in [-0.25, -0.2) is 0 Å². The highest BCUT2D eigenvalue weighted by Gasteiger charge is 2.09. The number of benzene rings is 2. The Bertz CT molecular complexity index is 639. The van der Waals surface area contributed by atoms with E-state index < -0.39 is 4.92 Å².